The number of carbonyl (C=O) groups excluding carboxylic acids is 1. The van der Waals surface area contributed by atoms with Crippen molar-refractivity contribution in [1.82, 2.24) is 0 Å². The molecule has 8 nitrogen and oxygen atoms in total. The lowest BCUT2D eigenvalue weighted by Gasteiger charge is -2.13. The number of carbonyl (C=O) groups is 1. The molecule has 0 fully saturated rings. The highest BCUT2D eigenvalue weighted by molar-refractivity contribution is 7.92. The summed E-state index contributed by atoms with van der Waals surface area (Å²) in [4.78, 5) is 22.7. The second-order valence-electron chi connectivity index (χ2n) is 6.30. The molecule has 1 aromatic heterocycles. The Balaban J connectivity index is 1.85. The molecule has 3 aromatic rings. The maximum Gasteiger partial charge on any atom is 0.324 e. The Morgan fingerprint density at radius 1 is 1.03 bits per heavy atom. The van der Waals surface area contributed by atoms with Crippen LogP contribution < -0.4 is 10.0 Å². The Morgan fingerprint density at radius 2 is 1.79 bits per heavy atom. The predicted molar refractivity (Wildman–Crippen MR) is 112 cm³/mol. The highest BCUT2D eigenvalue weighted by Gasteiger charge is 2.20. The first-order chi connectivity index (χ1) is 13.7. The van der Waals surface area contributed by atoms with Crippen molar-refractivity contribution in [2.24, 2.45) is 0 Å². The van der Waals surface area contributed by atoms with Crippen LogP contribution in [0.15, 0.2) is 59.5 Å². The minimum Gasteiger partial charge on any atom is -0.321 e. The van der Waals surface area contributed by atoms with E-state index in [9.17, 15) is 23.3 Å². The van der Waals surface area contributed by atoms with Crippen molar-refractivity contribution in [1.29, 1.82) is 0 Å². The fraction of sp³-hybridized carbons (Fsp3) is 0.105. The van der Waals surface area contributed by atoms with E-state index in [4.69, 9.17) is 0 Å². The summed E-state index contributed by atoms with van der Waals surface area (Å²) >= 11 is 0.743. The van der Waals surface area contributed by atoms with Crippen molar-refractivity contribution in [2.75, 3.05) is 10.0 Å². The molecule has 3 rings (SSSR count). The fourth-order valence-electron chi connectivity index (χ4n) is 2.63. The van der Waals surface area contributed by atoms with Gasteiger partial charge in [-0.05, 0) is 55.3 Å². The number of nitrogens with zero attached hydrogens (tertiary/aromatic N) is 1. The fourth-order valence-corrected chi connectivity index (χ4v) is 4.66. The highest BCUT2D eigenvalue weighted by atomic mass is 32.2. The third-order valence-corrected chi connectivity index (χ3v) is 6.56. The van der Waals surface area contributed by atoms with Crippen molar-refractivity contribution in [3.8, 4) is 0 Å². The van der Waals surface area contributed by atoms with Gasteiger partial charge in [0.15, 0.2) is 0 Å². The summed E-state index contributed by atoms with van der Waals surface area (Å²) in [6.45, 7) is 3.51. The van der Waals surface area contributed by atoms with Crippen LogP contribution in [0.1, 0.15) is 20.8 Å². The average molecular weight is 431 g/mol. The Hall–Kier alpha value is -3.24. The van der Waals surface area contributed by atoms with Crippen LogP contribution in [0.4, 0.5) is 16.4 Å². The summed E-state index contributed by atoms with van der Waals surface area (Å²) in [5.41, 5.74) is 2.12. The summed E-state index contributed by atoms with van der Waals surface area (Å²) in [5, 5.41) is 13.2. The molecule has 0 saturated heterocycles. The number of amides is 1. The predicted octanol–water partition coefficient (Wildman–Crippen LogP) is 4.33. The molecule has 0 bridgehead atoms. The number of thiophene rings is 1. The maximum absolute atomic E-state index is 12.8. The van der Waals surface area contributed by atoms with Crippen molar-refractivity contribution in [3.05, 3.63) is 80.7 Å². The van der Waals surface area contributed by atoms with Crippen LogP contribution in [-0.2, 0) is 10.0 Å². The summed E-state index contributed by atoms with van der Waals surface area (Å²) in [7, 11) is -3.88. The third-order valence-electron chi connectivity index (χ3n) is 4.00. The molecule has 0 aliphatic carbocycles. The molecule has 1 amide bonds. The molecule has 0 aliphatic heterocycles. The zero-order chi connectivity index (χ0) is 21.2. The zero-order valence-electron chi connectivity index (χ0n) is 15.5. The zero-order valence-corrected chi connectivity index (χ0v) is 17.1. The number of nitro groups is 1. The van der Waals surface area contributed by atoms with Crippen molar-refractivity contribution in [2.45, 2.75) is 18.7 Å². The van der Waals surface area contributed by atoms with Gasteiger partial charge in [-0.25, -0.2) is 8.42 Å². The van der Waals surface area contributed by atoms with E-state index in [0.29, 0.717) is 11.3 Å². The molecule has 0 atom stereocenters. The lowest BCUT2D eigenvalue weighted by atomic mass is 10.2. The first kappa shape index (κ1) is 20.5. The van der Waals surface area contributed by atoms with Crippen LogP contribution in [0.3, 0.4) is 0 Å². The Kier molecular flexibility index (Phi) is 5.66. The van der Waals surface area contributed by atoms with Crippen LogP contribution in [0, 0.1) is 24.0 Å². The number of nitrogens with one attached hydrogen (secondary N) is 2. The summed E-state index contributed by atoms with van der Waals surface area (Å²) in [5.74, 6) is -0.554. The molecule has 0 unspecified atom stereocenters. The van der Waals surface area contributed by atoms with E-state index in [1.54, 1.807) is 37.3 Å². The van der Waals surface area contributed by atoms with E-state index in [2.05, 4.69) is 10.0 Å². The smallest absolute Gasteiger partial charge is 0.321 e. The lowest BCUT2D eigenvalue weighted by molar-refractivity contribution is -0.380. The van der Waals surface area contributed by atoms with Gasteiger partial charge < -0.3 is 5.32 Å². The molecule has 2 N–H and O–H groups in total. The second kappa shape index (κ2) is 8.02. The molecular formula is C19H17N3O5S2. The number of benzene rings is 2. The number of aryl methyl sites for hydroxylation is 2. The summed E-state index contributed by atoms with van der Waals surface area (Å²) in [6, 6.07) is 14.1. The monoisotopic (exact) mass is 431 g/mol. The highest BCUT2D eigenvalue weighted by Crippen LogP contribution is 2.26. The number of sulfonamides is 1. The molecule has 0 spiro atoms. The van der Waals surface area contributed by atoms with Crippen LogP contribution in [0.2, 0.25) is 0 Å². The Bertz CT molecular complexity index is 1200. The van der Waals surface area contributed by atoms with Crippen molar-refractivity contribution >= 4 is 43.6 Å². The quantitative estimate of drug-likeness (QED) is 0.445. The van der Waals surface area contributed by atoms with Crippen LogP contribution in [0.25, 0.3) is 0 Å². The van der Waals surface area contributed by atoms with E-state index in [1.165, 1.54) is 18.2 Å². The number of hydrogen-bond donors (Lipinski definition) is 2. The minimum absolute atomic E-state index is 0.0222. The second-order valence-corrected chi connectivity index (χ2v) is 9.02. The largest absolute Gasteiger partial charge is 0.324 e. The summed E-state index contributed by atoms with van der Waals surface area (Å²) in [6.07, 6.45) is 0. The molecule has 29 heavy (non-hydrogen) atoms. The van der Waals surface area contributed by atoms with Gasteiger partial charge in [-0.1, -0.05) is 29.5 Å². The first-order valence-corrected chi connectivity index (χ1v) is 10.7. The number of rotatable bonds is 6. The maximum atomic E-state index is 12.8. The van der Waals surface area contributed by atoms with Crippen LogP contribution in [0.5, 0.6) is 0 Å². The average Bonchev–Trinajstić information content (AvgIpc) is 3.13. The van der Waals surface area contributed by atoms with E-state index in [0.717, 1.165) is 16.9 Å². The van der Waals surface area contributed by atoms with Gasteiger partial charge in [-0.15, -0.1) is 0 Å². The van der Waals surface area contributed by atoms with Crippen LogP contribution in [-0.4, -0.2) is 19.2 Å². The molecule has 2 aromatic carbocycles. The summed E-state index contributed by atoms with van der Waals surface area (Å²) < 4.78 is 28.2. The van der Waals surface area contributed by atoms with Gasteiger partial charge in [0.2, 0.25) is 0 Å². The normalized spacial score (nSPS) is 11.1. The van der Waals surface area contributed by atoms with Crippen molar-refractivity contribution in [3.63, 3.8) is 0 Å². The van der Waals surface area contributed by atoms with E-state index < -0.39 is 20.9 Å². The van der Waals surface area contributed by atoms with Gasteiger partial charge >= 0.3 is 5.00 Å². The van der Waals surface area contributed by atoms with Gasteiger partial charge in [-0.3, -0.25) is 19.6 Å². The third kappa shape index (κ3) is 4.79. The molecule has 0 radical (unpaired) electrons. The minimum atomic E-state index is -3.88. The molecule has 0 saturated carbocycles. The lowest BCUT2D eigenvalue weighted by Crippen LogP contribution is -2.16. The van der Waals surface area contributed by atoms with Gasteiger partial charge in [0.1, 0.15) is 0 Å². The van der Waals surface area contributed by atoms with E-state index in [-0.39, 0.29) is 20.5 Å². The molecule has 10 heteroatoms. The molecular weight excluding hydrogens is 414 g/mol. The Labute approximate surface area is 171 Å². The topological polar surface area (TPSA) is 118 Å². The van der Waals surface area contributed by atoms with E-state index >= 15 is 0 Å². The van der Waals surface area contributed by atoms with Crippen LogP contribution >= 0.6 is 11.3 Å². The van der Waals surface area contributed by atoms with Gasteiger partial charge in [-0.2, -0.15) is 0 Å². The number of anilines is 2. The van der Waals surface area contributed by atoms with Gasteiger partial charge in [0.05, 0.1) is 14.7 Å². The first-order valence-electron chi connectivity index (χ1n) is 8.41. The SMILES string of the molecule is Cc1cccc(NS(=O)(=O)c2cc(NC(=O)c3ccc([N+](=O)[O-])s3)ccc2C)c1. The molecule has 0 aliphatic rings. The van der Waals surface area contributed by atoms with E-state index in [1.807, 2.05) is 13.0 Å². The molecule has 150 valence electrons. The van der Waals surface area contributed by atoms with Gasteiger partial charge in [0.25, 0.3) is 15.9 Å². The van der Waals surface area contributed by atoms with Gasteiger partial charge in [0, 0.05) is 17.4 Å². The van der Waals surface area contributed by atoms with Crippen molar-refractivity contribution < 1.29 is 18.1 Å². The Morgan fingerprint density at radius 3 is 2.45 bits per heavy atom. The standard InChI is InChI=1S/C19H17N3O5S2/c1-12-4-3-5-15(10-12)21-29(26,27)17-11-14(7-6-13(17)2)20-19(23)16-8-9-18(28-16)22(24)25/h3-11,21H,1-2H3,(H,20,23). The molecule has 1 heterocycles. The number of hydrogen-bond acceptors (Lipinski definition) is 6.